The van der Waals surface area contributed by atoms with E-state index >= 15 is 0 Å². The predicted molar refractivity (Wildman–Crippen MR) is 146 cm³/mol. The number of hydrogen-bond acceptors (Lipinski definition) is 10. The van der Waals surface area contributed by atoms with Crippen LogP contribution in [0.15, 0.2) is 59.5 Å². The van der Waals surface area contributed by atoms with Gasteiger partial charge in [-0.25, -0.2) is 13.4 Å². The number of nitrogens with one attached hydrogen (secondary N) is 1. The number of thiazole rings is 1. The minimum atomic E-state index is -3.39. The molecule has 2 atom stereocenters. The average Bonchev–Trinajstić information content (AvgIpc) is 3.31. The van der Waals surface area contributed by atoms with Gasteiger partial charge in [-0.15, -0.1) is 0 Å². The number of hydrogen-bond donors (Lipinski definition) is 2. The third-order valence-corrected chi connectivity index (χ3v) is 8.68. The van der Waals surface area contributed by atoms with E-state index < -0.39 is 22.2 Å². The van der Waals surface area contributed by atoms with Gasteiger partial charge in [-0.05, 0) is 48.4 Å². The molecule has 0 amide bonds. The monoisotopic (exact) mass is 553 g/mol. The van der Waals surface area contributed by atoms with Crippen LogP contribution in [0, 0.1) is 18.3 Å². The van der Waals surface area contributed by atoms with Crippen molar-refractivity contribution in [2.75, 3.05) is 25.3 Å². The summed E-state index contributed by atoms with van der Waals surface area (Å²) in [5.74, 6) is 1.53. The maximum Gasteiger partial charge on any atom is 0.185 e. The topological polar surface area (TPSA) is 131 Å². The quantitative estimate of drug-likeness (QED) is 0.265. The van der Waals surface area contributed by atoms with E-state index in [1.807, 2.05) is 6.07 Å². The summed E-state index contributed by atoms with van der Waals surface area (Å²) in [5.41, 5.74) is 2.45. The Bertz CT molecular complexity index is 1550. The Morgan fingerprint density at radius 3 is 2.37 bits per heavy atom. The lowest BCUT2D eigenvalue weighted by molar-refractivity contribution is 0.0540. The van der Waals surface area contributed by atoms with Gasteiger partial charge in [-0.1, -0.05) is 30.4 Å². The van der Waals surface area contributed by atoms with Crippen LogP contribution >= 0.6 is 11.3 Å². The van der Waals surface area contributed by atoms with E-state index in [1.165, 1.54) is 23.5 Å². The average molecular weight is 554 g/mol. The van der Waals surface area contributed by atoms with Crippen molar-refractivity contribution in [3.8, 4) is 23.3 Å². The zero-order chi connectivity index (χ0) is 27.4. The van der Waals surface area contributed by atoms with Crippen LogP contribution in [0.25, 0.3) is 10.2 Å². The molecule has 0 bridgehead atoms. The van der Waals surface area contributed by atoms with Gasteiger partial charge >= 0.3 is 0 Å². The highest BCUT2D eigenvalue weighted by atomic mass is 32.2. The van der Waals surface area contributed by atoms with E-state index in [1.54, 1.807) is 64.5 Å². The van der Waals surface area contributed by atoms with Crippen LogP contribution in [0.1, 0.15) is 29.7 Å². The molecule has 4 rings (SSSR count). The number of nitriles is 1. The Morgan fingerprint density at radius 1 is 1.08 bits per heavy atom. The number of ether oxygens (including phenoxy) is 3. The number of nitrogens with zero attached hydrogens (tertiary/aromatic N) is 2. The number of anilines is 1. The van der Waals surface area contributed by atoms with Gasteiger partial charge in [0.05, 0.1) is 46.7 Å². The standard InChI is InChI=1S/C27H27N3O6S2/c1-5-38(32,33)20-10-7-17(8-11-20)25(36-19-9-6-18(15-28)16(2)12-19)26(31)30-27-29-21-13-22(34-3)23(35-4)14-24(21)37-27/h6-14,25-26,31H,5H2,1-4H3,(H,29,30). The maximum absolute atomic E-state index is 12.3. The van der Waals surface area contributed by atoms with Crippen LogP contribution in [-0.2, 0) is 9.84 Å². The number of aromatic nitrogens is 1. The fourth-order valence-corrected chi connectivity index (χ4v) is 5.64. The second-order valence-corrected chi connectivity index (χ2v) is 11.7. The number of sulfone groups is 1. The number of benzene rings is 3. The molecule has 0 aliphatic rings. The third kappa shape index (κ3) is 5.67. The predicted octanol–water partition coefficient (Wildman–Crippen LogP) is 4.84. The zero-order valence-corrected chi connectivity index (χ0v) is 22.9. The highest BCUT2D eigenvalue weighted by Crippen LogP contribution is 2.37. The molecule has 0 fully saturated rings. The third-order valence-electron chi connectivity index (χ3n) is 5.98. The van der Waals surface area contributed by atoms with Gasteiger partial charge in [-0.3, -0.25) is 0 Å². The molecule has 0 radical (unpaired) electrons. The molecular formula is C27H27N3O6S2. The number of aliphatic hydroxyl groups excluding tert-OH is 1. The van der Waals surface area contributed by atoms with E-state index in [0.717, 1.165) is 10.3 Å². The lowest BCUT2D eigenvalue weighted by Crippen LogP contribution is -2.31. The fraction of sp³-hybridized carbons (Fsp3) is 0.259. The summed E-state index contributed by atoms with van der Waals surface area (Å²) in [6.45, 7) is 3.38. The van der Waals surface area contributed by atoms with Crippen molar-refractivity contribution in [2.24, 2.45) is 0 Å². The van der Waals surface area contributed by atoms with Gasteiger partial charge in [0.1, 0.15) is 5.75 Å². The van der Waals surface area contributed by atoms with Gasteiger partial charge in [0.25, 0.3) is 0 Å². The number of rotatable bonds is 10. The van der Waals surface area contributed by atoms with Gasteiger partial charge in [0, 0.05) is 12.1 Å². The second-order valence-electron chi connectivity index (χ2n) is 8.38. The molecule has 0 spiro atoms. The van der Waals surface area contributed by atoms with E-state index in [0.29, 0.717) is 39.0 Å². The smallest absolute Gasteiger partial charge is 0.185 e. The highest BCUT2D eigenvalue weighted by Gasteiger charge is 2.26. The molecule has 198 valence electrons. The normalized spacial score (nSPS) is 12.9. The Hall–Kier alpha value is -3.85. The van der Waals surface area contributed by atoms with Crippen LogP contribution in [0.3, 0.4) is 0 Å². The fourth-order valence-electron chi connectivity index (χ4n) is 3.85. The molecule has 38 heavy (non-hydrogen) atoms. The summed E-state index contributed by atoms with van der Waals surface area (Å²) >= 11 is 1.32. The number of aliphatic hydroxyl groups is 1. The summed E-state index contributed by atoms with van der Waals surface area (Å²) in [6.07, 6.45) is -2.19. The Labute approximate surface area is 225 Å². The van der Waals surface area contributed by atoms with Crippen molar-refractivity contribution < 1.29 is 27.7 Å². The Morgan fingerprint density at radius 2 is 1.76 bits per heavy atom. The first-order chi connectivity index (χ1) is 18.2. The number of methoxy groups -OCH3 is 2. The Balaban J connectivity index is 1.67. The first-order valence-electron chi connectivity index (χ1n) is 11.7. The zero-order valence-electron chi connectivity index (χ0n) is 21.3. The summed E-state index contributed by atoms with van der Waals surface area (Å²) < 4.78 is 42.3. The molecular weight excluding hydrogens is 526 g/mol. The van der Waals surface area contributed by atoms with Gasteiger partial charge in [0.15, 0.2) is 38.8 Å². The molecule has 0 saturated heterocycles. The molecule has 9 nitrogen and oxygen atoms in total. The first kappa shape index (κ1) is 27.2. The molecule has 1 heterocycles. The SMILES string of the molecule is CCS(=O)(=O)c1ccc(C(Oc2ccc(C#N)c(C)c2)C(O)Nc2nc3cc(OC)c(OC)cc3s2)cc1. The second kappa shape index (κ2) is 11.3. The molecule has 1 aromatic heterocycles. The van der Waals surface area contributed by atoms with Crippen LogP contribution in [0.5, 0.6) is 17.2 Å². The summed E-state index contributed by atoms with van der Waals surface area (Å²) in [4.78, 5) is 4.74. The van der Waals surface area contributed by atoms with E-state index in [4.69, 9.17) is 14.2 Å². The molecule has 11 heteroatoms. The van der Waals surface area contributed by atoms with Crippen molar-refractivity contribution in [1.82, 2.24) is 4.98 Å². The van der Waals surface area contributed by atoms with Crippen LogP contribution in [0.2, 0.25) is 0 Å². The van der Waals surface area contributed by atoms with Gasteiger partial charge < -0.3 is 24.6 Å². The number of aryl methyl sites for hydroxylation is 1. The molecule has 2 unspecified atom stereocenters. The van der Waals surface area contributed by atoms with Crippen molar-refractivity contribution >= 4 is 36.5 Å². The van der Waals surface area contributed by atoms with E-state index in [-0.39, 0.29) is 10.6 Å². The first-order valence-corrected chi connectivity index (χ1v) is 14.1. The van der Waals surface area contributed by atoms with Crippen molar-refractivity contribution in [3.05, 3.63) is 71.3 Å². The minimum absolute atomic E-state index is 0.0197. The Kier molecular flexibility index (Phi) is 8.06. The van der Waals surface area contributed by atoms with E-state index in [2.05, 4.69) is 16.4 Å². The summed E-state index contributed by atoms with van der Waals surface area (Å²) in [7, 11) is -0.289. The van der Waals surface area contributed by atoms with Crippen LogP contribution < -0.4 is 19.5 Å². The summed E-state index contributed by atoms with van der Waals surface area (Å²) in [6, 6.07) is 16.9. The minimum Gasteiger partial charge on any atom is -0.493 e. The maximum atomic E-state index is 12.3. The van der Waals surface area contributed by atoms with Crippen molar-refractivity contribution in [2.45, 2.75) is 31.1 Å². The largest absolute Gasteiger partial charge is 0.493 e. The number of fused-ring (bicyclic) bond motifs is 1. The molecule has 3 aromatic carbocycles. The highest BCUT2D eigenvalue weighted by molar-refractivity contribution is 7.91. The lowest BCUT2D eigenvalue weighted by Gasteiger charge is -2.25. The summed E-state index contributed by atoms with van der Waals surface area (Å²) in [5, 5.41) is 24.0. The van der Waals surface area contributed by atoms with Crippen molar-refractivity contribution in [3.63, 3.8) is 0 Å². The molecule has 0 saturated carbocycles. The van der Waals surface area contributed by atoms with Crippen molar-refractivity contribution in [1.29, 1.82) is 5.26 Å². The van der Waals surface area contributed by atoms with Gasteiger partial charge in [0.2, 0.25) is 0 Å². The van der Waals surface area contributed by atoms with E-state index in [9.17, 15) is 18.8 Å². The molecule has 2 N–H and O–H groups in total. The van der Waals surface area contributed by atoms with Crippen LogP contribution in [0.4, 0.5) is 5.13 Å². The van der Waals surface area contributed by atoms with Gasteiger partial charge in [-0.2, -0.15) is 5.26 Å². The van der Waals surface area contributed by atoms with Crippen LogP contribution in [-0.4, -0.2) is 44.7 Å². The molecule has 0 aliphatic carbocycles. The lowest BCUT2D eigenvalue weighted by atomic mass is 10.1. The molecule has 4 aromatic rings. The molecule has 0 aliphatic heterocycles.